The number of carbonyl (C=O) groups excluding carboxylic acids is 1. The molecule has 0 unspecified atom stereocenters. The number of rotatable bonds is 4. The molecule has 1 heterocycles. The largest absolute Gasteiger partial charge is 0.464 e. The number of nitrogens with zero attached hydrogens (tertiary/aromatic N) is 2. The first-order valence-electron chi connectivity index (χ1n) is 7.03. The van der Waals surface area contributed by atoms with Crippen LogP contribution in [0.1, 0.15) is 16.1 Å². The van der Waals surface area contributed by atoms with Crippen LogP contribution in [0.15, 0.2) is 66.7 Å². The summed E-state index contributed by atoms with van der Waals surface area (Å²) in [5.41, 5.74) is 3.35. The van der Waals surface area contributed by atoms with Crippen molar-refractivity contribution >= 4 is 5.97 Å². The molecule has 0 atom stereocenters. The standard InChI is InChI=1S/C18H16N2O2/c1-22-18(21)16-12-17(15-10-6-3-7-11-15)20(19-16)13-14-8-4-2-5-9-14/h2-12H,13H2,1H3. The molecule has 1 aromatic heterocycles. The van der Waals surface area contributed by atoms with Crippen LogP contribution in [0, 0.1) is 0 Å². The Labute approximate surface area is 129 Å². The smallest absolute Gasteiger partial charge is 0.358 e. The number of hydrogen-bond acceptors (Lipinski definition) is 3. The molecule has 2 aromatic carbocycles. The minimum absolute atomic E-state index is 0.317. The summed E-state index contributed by atoms with van der Waals surface area (Å²) >= 11 is 0. The summed E-state index contributed by atoms with van der Waals surface area (Å²) in [5.74, 6) is -0.427. The van der Waals surface area contributed by atoms with Gasteiger partial charge in [-0.2, -0.15) is 5.10 Å². The molecular weight excluding hydrogens is 276 g/mol. The van der Waals surface area contributed by atoms with Crippen molar-refractivity contribution < 1.29 is 9.53 Å². The summed E-state index contributed by atoms with van der Waals surface area (Å²) in [6.45, 7) is 0.599. The van der Waals surface area contributed by atoms with Gasteiger partial charge in [0.2, 0.25) is 0 Å². The van der Waals surface area contributed by atoms with Gasteiger partial charge in [-0.25, -0.2) is 4.79 Å². The highest BCUT2D eigenvalue weighted by atomic mass is 16.5. The van der Waals surface area contributed by atoms with E-state index in [1.807, 2.05) is 65.3 Å². The predicted octanol–water partition coefficient (Wildman–Crippen LogP) is 3.39. The molecular formula is C18H16N2O2. The molecule has 0 aliphatic carbocycles. The van der Waals surface area contributed by atoms with Crippen molar-refractivity contribution in [3.8, 4) is 11.3 Å². The lowest BCUT2D eigenvalue weighted by Gasteiger charge is -2.07. The average molecular weight is 292 g/mol. The highest BCUT2D eigenvalue weighted by molar-refractivity contribution is 5.88. The molecule has 3 rings (SSSR count). The highest BCUT2D eigenvalue weighted by Crippen LogP contribution is 2.21. The molecule has 4 nitrogen and oxygen atoms in total. The van der Waals surface area contributed by atoms with Crippen LogP contribution in [0.2, 0.25) is 0 Å². The first kappa shape index (κ1) is 14.1. The Bertz CT molecular complexity index is 764. The number of hydrogen-bond donors (Lipinski definition) is 0. The second kappa shape index (κ2) is 6.26. The average Bonchev–Trinajstić information content (AvgIpc) is 3.00. The van der Waals surface area contributed by atoms with Crippen molar-refractivity contribution in [1.29, 1.82) is 0 Å². The van der Waals surface area contributed by atoms with Crippen LogP contribution in [-0.2, 0) is 11.3 Å². The summed E-state index contributed by atoms with van der Waals surface area (Å²) in [4.78, 5) is 11.8. The second-order valence-corrected chi connectivity index (χ2v) is 4.92. The zero-order chi connectivity index (χ0) is 15.4. The Morgan fingerprint density at radius 1 is 1.05 bits per heavy atom. The van der Waals surface area contributed by atoms with Gasteiger partial charge in [-0.05, 0) is 17.2 Å². The zero-order valence-corrected chi connectivity index (χ0v) is 12.3. The molecule has 110 valence electrons. The van der Waals surface area contributed by atoms with Gasteiger partial charge in [-0.1, -0.05) is 60.7 Å². The second-order valence-electron chi connectivity index (χ2n) is 4.92. The third-order valence-corrected chi connectivity index (χ3v) is 3.42. The molecule has 0 saturated carbocycles. The van der Waals surface area contributed by atoms with Crippen LogP contribution in [0.3, 0.4) is 0 Å². The quantitative estimate of drug-likeness (QED) is 0.692. The number of benzene rings is 2. The summed E-state index contributed by atoms with van der Waals surface area (Å²) in [6, 6.07) is 21.7. The van der Waals surface area contributed by atoms with Gasteiger partial charge in [0.1, 0.15) is 0 Å². The van der Waals surface area contributed by atoms with Crippen molar-refractivity contribution in [1.82, 2.24) is 9.78 Å². The molecule has 3 aromatic rings. The maximum absolute atomic E-state index is 11.8. The van der Waals surface area contributed by atoms with Gasteiger partial charge < -0.3 is 4.74 Å². The Kier molecular flexibility index (Phi) is 4.01. The van der Waals surface area contributed by atoms with Crippen molar-refractivity contribution in [3.63, 3.8) is 0 Å². The Balaban J connectivity index is 2.03. The Hall–Kier alpha value is -2.88. The lowest BCUT2D eigenvalue weighted by atomic mass is 10.1. The van der Waals surface area contributed by atoms with Gasteiger partial charge in [0.15, 0.2) is 5.69 Å². The monoisotopic (exact) mass is 292 g/mol. The maximum atomic E-state index is 11.8. The van der Waals surface area contributed by atoms with E-state index >= 15 is 0 Å². The number of esters is 1. The predicted molar refractivity (Wildman–Crippen MR) is 84.5 cm³/mol. The normalized spacial score (nSPS) is 10.4. The maximum Gasteiger partial charge on any atom is 0.358 e. The number of ether oxygens (including phenoxy) is 1. The van der Waals surface area contributed by atoms with E-state index in [1.54, 1.807) is 6.07 Å². The minimum Gasteiger partial charge on any atom is -0.464 e. The molecule has 0 aliphatic heterocycles. The third kappa shape index (κ3) is 2.91. The van der Waals surface area contributed by atoms with Crippen LogP contribution >= 0.6 is 0 Å². The minimum atomic E-state index is -0.427. The van der Waals surface area contributed by atoms with Crippen molar-refractivity contribution in [2.45, 2.75) is 6.54 Å². The van der Waals surface area contributed by atoms with E-state index in [2.05, 4.69) is 5.10 Å². The van der Waals surface area contributed by atoms with E-state index in [0.29, 0.717) is 12.2 Å². The molecule has 0 aliphatic rings. The molecule has 0 saturated heterocycles. The fourth-order valence-electron chi connectivity index (χ4n) is 2.34. The lowest BCUT2D eigenvalue weighted by Crippen LogP contribution is -2.07. The molecule has 0 radical (unpaired) electrons. The number of methoxy groups -OCH3 is 1. The summed E-state index contributed by atoms with van der Waals surface area (Å²) in [5, 5.41) is 4.39. The zero-order valence-electron chi connectivity index (χ0n) is 12.3. The van der Waals surface area contributed by atoms with Crippen LogP contribution in [0.5, 0.6) is 0 Å². The van der Waals surface area contributed by atoms with Crippen LogP contribution in [0.25, 0.3) is 11.3 Å². The van der Waals surface area contributed by atoms with Gasteiger partial charge >= 0.3 is 5.97 Å². The summed E-state index contributed by atoms with van der Waals surface area (Å²) in [7, 11) is 1.36. The Morgan fingerprint density at radius 3 is 2.32 bits per heavy atom. The van der Waals surface area contributed by atoms with Crippen LogP contribution in [0.4, 0.5) is 0 Å². The number of carbonyl (C=O) groups is 1. The summed E-state index contributed by atoms with van der Waals surface area (Å²) < 4.78 is 6.61. The van der Waals surface area contributed by atoms with Gasteiger partial charge in [0.05, 0.1) is 19.3 Å². The first-order valence-corrected chi connectivity index (χ1v) is 7.03. The van der Waals surface area contributed by atoms with Gasteiger partial charge in [-0.3, -0.25) is 4.68 Å². The lowest BCUT2D eigenvalue weighted by molar-refractivity contribution is 0.0593. The van der Waals surface area contributed by atoms with Crippen LogP contribution in [-0.4, -0.2) is 22.9 Å². The van der Waals surface area contributed by atoms with Gasteiger partial charge in [0.25, 0.3) is 0 Å². The van der Waals surface area contributed by atoms with E-state index in [1.165, 1.54) is 7.11 Å². The van der Waals surface area contributed by atoms with E-state index in [9.17, 15) is 4.79 Å². The fraction of sp³-hybridized carbons (Fsp3) is 0.111. The highest BCUT2D eigenvalue weighted by Gasteiger charge is 2.15. The summed E-state index contributed by atoms with van der Waals surface area (Å²) in [6.07, 6.45) is 0. The van der Waals surface area contributed by atoms with Crippen molar-refractivity contribution in [2.75, 3.05) is 7.11 Å². The van der Waals surface area contributed by atoms with Crippen molar-refractivity contribution in [3.05, 3.63) is 78.0 Å². The molecule has 0 N–H and O–H groups in total. The van der Waals surface area contributed by atoms with Crippen molar-refractivity contribution in [2.24, 2.45) is 0 Å². The molecule has 0 spiro atoms. The fourth-order valence-corrected chi connectivity index (χ4v) is 2.34. The first-order chi connectivity index (χ1) is 10.8. The van der Waals surface area contributed by atoms with E-state index < -0.39 is 5.97 Å². The SMILES string of the molecule is COC(=O)c1cc(-c2ccccc2)n(Cc2ccccc2)n1. The topological polar surface area (TPSA) is 44.1 Å². The molecule has 0 bridgehead atoms. The van der Waals surface area contributed by atoms with E-state index in [0.717, 1.165) is 16.8 Å². The molecule has 0 fully saturated rings. The molecule has 22 heavy (non-hydrogen) atoms. The third-order valence-electron chi connectivity index (χ3n) is 3.42. The molecule has 0 amide bonds. The van der Waals surface area contributed by atoms with Crippen LogP contribution < -0.4 is 0 Å². The van der Waals surface area contributed by atoms with Gasteiger partial charge in [0, 0.05) is 0 Å². The number of aromatic nitrogens is 2. The Morgan fingerprint density at radius 2 is 1.68 bits per heavy atom. The molecule has 4 heteroatoms. The van der Waals surface area contributed by atoms with Gasteiger partial charge in [-0.15, -0.1) is 0 Å². The van der Waals surface area contributed by atoms with E-state index in [4.69, 9.17) is 4.74 Å². The van der Waals surface area contributed by atoms with E-state index in [-0.39, 0.29) is 0 Å².